The lowest BCUT2D eigenvalue weighted by atomic mass is 9.68. The zero-order chi connectivity index (χ0) is 15.4. The van der Waals surface area contributed by atoms with Crippen molar-refractivity contribution < 1.29 is 14.3 Å². The minimum atomic E-state index is -0.241. The number of carbonyl (C=O) groups excluding carboxylic acids is 1. The number of hydrogen-bond acceptors (Lipinski definition) is 3. The molecule has 1 heterocycles. The van der Waals surface area contributed by atoms with Crippen LogP contribution in [0.4, 0.5) is 0 Å². The second kappa shape index (κ2) is 4.82. The maximum atomic E-state index is 12.2. The van der Waals surface area contributed by atoms with Gasteiger partial charge in [-0.25, -0.2) is 0 Å². The molecule has 1 aromatic rings. The molecule has 0 amide bonds. The molecule has 118 valence electrons. The molecule has 2 fully saturated rings. The summed E-state index contributed by atoms with van der Waals surface area (Å²) < 4.78 is 12.0. The van der Waals surface area contributed by atoms with Crippen LogP contribution in [-0.4, -0.2) is 19.0 Å². The van der Waals surface area contributed by atoms with Crippen LogP contribution in [-0.2, 0) is 21.6 Å². The number of methoxy groups -OCH3 is 1. The standard InChI is InChI=1S/C19H24O3/c1-18-10-11-19(22-17(18)8-7-16(18)20)9-3-4-13-12-14(21-2)5-6-15(13)19/h5-6,12,17H,3-4,7-11H2,1-2H3. The Labute approximate surface area is 132 Å². The Balaban J connectivity index is 1.71. The van der Waals surface area contributed by atoms with Crippen LogP contribution in [0.2, 0.25) is 0 Å². The van der Waals surface area contributed by atoms with Gasteiger partial charge in [-0.1, -0.05) is 13.0 Å². The first kappa shape index (κ1) is 14.3. The third kappa shape index (κ3) is 1.88. The minimum absolute atomic E-state index is 0.0989. The molecule has 0 bridgehead atoms. The average molecular weight is 300 g/mol. The van der Waals surface area contributed by atoms with Crippen molar-refractivity contribution in [3.63, 3.8) is 0 Å². The van der Waals surface area contributed by atoms with Crippen LogP contribution in [0.15, 0.2) is 18.2 Å². The van der Waals surface area contributed by atoms with Crippen molar-refractivity contribution >= 4 is 5.78 Å². The van der Waals surface area contributed by atoms with Crippen LogP contribution in [0.3, 0.4) is 0 Å². The SMILES string of the molecule is COc1ccc2c(c1)CCCC21CCC2(C)C(=O)CCC2O1. The van der Waals surface area contributed by atoms with Gasteiger partial charge < -0.3 is 9.47 Å². The second-order valence-corrected chi connectivity index (χ2v) is 7.36. The molecular weight excluding hydrogens is 276 g/mol. The van der Waals surface area contributed by atoms with Crippen molar-refractivity contribution in [3.8, 4) is 5.75 Å². The predicted octanol–water partition coefficient (Wildman–Crippen LogP) is 3.78. The number of fused-ring (bicyclic) bond motifs is 3. The summed E-state index contributed by atoms with van der Waals surface area (Å²) in [5.41, 5.74) is 2.28. The van der Waals surface area contributed by atoms with E-state index in [4.69, 9.17) is 9.47 Å². The first-order chi connectivity index (χ1) is 10.6. The van der Waals surface area contributed by atoms with Crippen molar-refractivity contribution in [2.45, 2.75) is 63.6 Å². The quantitative estimate of drug-likeness (QED) is 0.792. The van der Waals surface area contributed by atoms with Gasteiger partial charge in [0.2, 0.25) is 0 Å². The molecule has 0 aromatic heterocycles. The monoisotopic (exact) mass is 300 g/mol. The zero-order valence-electron chi connectivity index (χ0n) is 13.5. The Morgan fingerprint density at radius 2 is 2.09 bits per heavy atom. The van der Waals surface area contributed by atoms with Crippen LogP contribution in [0, 0.1) is 5.41 Å². The van der Waals surface area contributed by atoms with E-state index in [1.54, 1.807) is 7.11 Å². The van der Waals surface area contributed by atoms with E-state index in [0.29, 0.717) is 12.2 Å². The second-order valence-electron chi connectivity index (χ2n) is 7.36. The van der Waals surface area contributed by atoms with Crippen molar-refractivity contribution in [2.75, 3.05) is 7.11 Å². The van der Waals surface area contributed by atoms with Crippen molar-refractivity contribution in [3.05, 3.63) is 29.3 Å². The number of benzene rings is 1. The summed E-state index contributed by atoms with van der Waals surface area (Å²) in [5.74, 6) is 1.32. The Kier molecular flexibility index (Phi) is 3.12. The van der Waals surface area contributed by atoms with Crippen LogP contribution in [0.1, 0.15) is 56.6 Å². The summed E-state index contributed by atoms with van der Waals surface area (Å²) in [7, 11) is 1.72. The largest absolute Gasteiger partial charge is 0.497 e. The molecule has 2 aliphatic carbocycles. The lowest BCUT2D eigenvalue weighted by Gasteiger charge is -2.49. The number of Topliss-reactive ketones (excluding diaryl/α,β-unsaturated/α-hetero) is 1. The highest BCUT2D eigenvalue weighted by Gasteiger charge is 2.55. The molecule has 4 rings (SSSR count). The Hall–Kier alpha value is -1.35. The highest BCUT2D eigenvalue weighted by molar-refractivity contribution is 5.87. The van der Waals surface area contributed by atoms with E-state index < -0.39 is 0 Å². The number of hydrogen-bond donors (Lipinski definition) is 0. The van der Waals surface area contributed by atoms with Crippen molar-refractivity contribution in [1.82, 2.24) is 0 Å². The van der Waals surface area contributed by atoms with Gasteiger partial charge in [-0.15, -0.1) is 0 Å². The molecule has 3 nitrogen and oxygen atoms in total. The van der Waals surface area contributed by atoms with E-state index in [1.165, 1.54) is 11.1 Å². The molecule has 3 heteroatoms. The third-order valence-electron chi connectivity index (χ3n) is 6.23. The fourth-order valence-corrected chi connectivity index (χ4v) is 4.76. The van der Waals surface area contributed by atoms with Gasteiger partial charge in [0.15, 0.2) is 0 Å². The molecule has 0 N–H and O–H groups in total. The van der Waals surface area contributed by atoms with Crippen LogP contribution in [0.5, 0.6) is 5.75 Å². The molecule has 1 saturated carbocycles. The fourth-order valence-electron chi connectivity index (χ4n) is 4.76. The summed E-state index contributed by atoms with van der Waals surface area (Å²) in [6, 6.07) is 6.39. The smallest absolute Gasteiger partial charge is 0.141 e. The van der Waals surface area contributed by atoms with Gasteiger partial charge >= 0.3 is 0 Å². The molecule has 1 aliphatic heterocycles. The van der Waals surface area contributed by atoms with Crippen LogP contribution < -0.4 is 4.74 Å². The van der Waals surface area contributed by atoms with Crippen molar-refractivity contribution in [1.29, 1.82) is 0 Å². The van der Waals surface area contributed by atoms with E-state index in [0.717, 1.165) is 44.3 Å². The molecule has 3 unspecified atom stereocenters. The molecule has 3 aliphatic rings. The summed E-state index contributed by atoms with van der Waals surface area (Å²) in [6.45, 7) is 2.11. The number of ketones is 1. The fraction of sp³-hybridized carbons (Fsp3) is 0.632. The van der Waals surface area contributed by atoms with Gasteiger partial charge in [0.05, 0.1) is 24.2 Å². The summed E-state index contributed by atoms with van der Waals surface area (Å²) in [6.07, 6.45) is 6.92. The van der Waals surface area contributed by atoms with Gasteiger partial charge in [-0.05, 0) is 61.8 Å². The van der Waals surface area contributed by atoms with E-state index in [2.05, 4.69) is 19.1 Å². The van der Waals surface area contributed by atoms with E-state index in [9.17, 15) is 4.79 Å². The van der Waals surface area contributed by atoms with Gasteiger partial charge in [0.1, 0.15) is 11.5 Å². The summed E-state index contributed by atoms with van der Waals surface area (Å²) in [4.78, 5) is 12.2. The number of ether oxygens (including phenoxy) is 2. The topological polar surface area (TPSA) is 35.5 Å². The number of rotatable bonds is 1. The Morgan fingerprint density at radius 1 is 1.23 bits per heavy atom. The van der Waals surface area contributed by atoms with Gasteiger partial charge in [-0.3, -0.25) is 4.79 Å². The molecule has 0 radical (unpaired) electrons. The predicted molar refractivity (Wildman–Crippen MR) is 84.1 cm³/mol. The molecule has 22 heavy (non-hydrogen) atoms. The van der Waals surface area contributed by atoms with E-state index >= 15 is 0 Å². The molecule has 1 saturated heterocycles. The number of carbonyl (C=O) groups is 1. The van der Waals surface area contributed by atoms with Crippen LogP contribution in [0.25, 0.3) is 0 Å². The minimum Gasteiger partial charge on any atom is -0.497 e. The maximum absolute atomic E-state index is 12.2. The highest BCUT2D eigenvalue weighted by atomic mass is 16.5. The van der Waals surface area contributed by atoms with Gasteiger partial charge in [0, 0.05) is 6.42 Å². The average Bonchev–Trinajstić information content (AvgIpc) is 2.83. The first-order valence-electron chi connectivity index (χ1n) is 8.46. The van der Waals surface area contributed by atoms with Gasteiger partial charge in [0.25, 0.3) is 0 Å². The molecular formula is C19H24O3. The zero-order valence-corrected chi connectivity index (χ0v) is 13.5. The molecule has 1 spiro atoms. The third-order valence-corrected chi connectivity index (χ3v) is 6.23. The number of aryl methyl sites for hydroxylation is 1. The summed E-state index contributed by atoms with van der Waals surface area (Å²) >= 11 is 0. The van der Waals surface area contributed by atoms with Crippen molar-refractivity contribution in [2.24, 2.45) is 5.41 Å². The normalized spacial score (nSPS) is 37.0. The van der Waals surface area contributed by atoms with Gasteiger partial charge in [-0.2, -0.15) is 0 Å². The van der Waals surface area contributed by atoms with Crippen LogP contribution >= 0.6 is 0 Å². The Morgan fingerprint density at radius 3 is 2.91 bits per heavy atom. The highest BCUT2D eigenvalue weighted by Crippen LogP contribution is 2.54. The maximum Gasteiger partial charge on any atom is 0.141 e. The first-order valence-corrected chi connectivity index (χ1v) is 8.46. The lowest BCUT2D eigenvalue weighted by molar-refractivity contribution is -0.186. The Bertz CT molecular complexity index is 623. The molecule has 3 atom stereocenters. The van der Waals surface area contributed by atoms with E-state index in [1.807, 2.05) is 6.07 Å². The lowest BCUT2D eigenvalue weighted by Crippen LogP contribution is -2.49. The summed E-state index contributed by atoms with van der Waals surface area (Å²) in [5, 5.41) is 0. The molecule has 1 aromatic carbocycles. The van der Waals surface area contributed by atoms with E-state index in [-0.39, 0.29) is 17.1 Å².